The van der Waals surface area contributed by atoms with Gasteiger partial charge in [-0.25, -0.2) is 9.78 Å². The Bertz CT molecular complexity index is 692. The van der Waals surface area contributed by atoms with Crippen LogP contribution in [0.3, 0.4) is 0 Å². The van der Waals surface area contributed by atoms with Crippen molar-refractivity contribution in [2.45, 2.75) is 57.5 Å². The number of nitrogens with zero attached hydrogens (tertiary/aromatic N) is 2. The Balaban J connectivity index is 1.62. The second kappa shape index (κ2) is 9.51. The molecule has 1 saturated carbocycles. The molecule has 27 heavy (non-hydrogen) atoms. The number of aromatic nitrogens is 1. The quantitative estimate of drug-likeness (QED) is 0.570. The molecule has 2 aliphatic rings. The van der Waals surface area contributed by atoms with E-state index in [0.29, 0.717) is 22.4 Å². The number of esters is 1. The van der Waals surface area contributed by atoms with E-state index in [2.05, 4.69) is 19.9 Å². The van der Waals surface area contributed by atoms with E-state index in [9.17, 15) is 9.18 Å². The Morgan fingerprint density at radius 3 is 2.89 bits per heavy atom. The van der Waals surface area contributed by atoms with Crippen LogP contribution in [0.4, 0.5) is 10.2 Å². The smallest absolute Gasteiger partial charge is 0.367 e. The molecule has 2 heterocycles. The maximum atomic E-state index is 13.8. The van der Waals surface area contributed by atoms with Gasteiger partial charge in [-0.15, -0.1) is 0 Å². The summed E-state index contributed by atoms with van der Waals surface area (Å²) in [7, 11) is 0. The molecular formula is C20H27ClFN3O2. The first-order valence-corrected chi connectivity index (χ1v) is 10.1. The van der Waals surface area contributed by atoms with Crippen molar-refractivity contribution < 1.29 is 13.9 Å². The average Bonchev–Trinajstić information content (AvgIpc) is 3.19. The highest BCUT2D eigenvalue weighted by molar-refractivity contribution is 6.33. The van der Waals surface area contributed by atoms with E-state index in [-0.39, 0.29) is 6.61 Å². The van der Waals surface area contributed by atoms with Crippen LogP contribution in [-0.2, 0) is 9.53 Å². The second-order valence-electron chi connectivity index (χ2n) is 7.23. The predicted molar refractivity (Wildman–Crippen MR) is 105 cm³/mol. The van der Waals surface area contributed by atoms with Gasteiger partial charge >= 0.3 is 5.97 Å². The summed E-state index contributed by atoms with van der Waals surface area (Å²) in [4.78, 5) is 18.3. The first-order valence-electron chi connectivity index (χ1n) is 9.77. The van der Waals surface area contributed by atoms with Crippen molar-refractivity contribution in [2.75, 3.05) is 25.0 Å². The van der Waals surface area contributed by atoms with Crippen LogP contribution < -0.4 is 5.32 Å². The summed E-state index contributed by atoms with van der Waals surface area (Å²) in [6.45, 7) is 3.92. The zero-order valence-electron chi connectivity index (χ0n) is 15.7. The number of halogens is 2. The molecule has 1 aromatic heterocycles. The third-order valence-electron chi connectivity index (χ3n) is 5.26. The van der Waals surface area contributed by atoms with Gasteiger partial charge < -0.3 is 10.1 Å². The van der Waals surface area contributed by atoms with Crippen LogP contribution >= 0.6 is 11.6 Å². The van der Waals surface area contributed by atoms with E-state index in [1.54, 1.807) is 13.0 Å². The predicted octanol–water partition coefficient (Wildman–Crippen LogP) is 4.43. The number of ether oxygens (including phenoxy) is 1. The van der Waals surface area contributed by atoms with E-state index >= 15 is 0 Å². The summed E-state index contributed by atoms with van der Waals surface area (Å²) in [6.07, 6.45) is 10.1. The van der Waals surface area contributed by atoms with Crippen LogP contribution in [0.1, 0.15) is 51.0 Å². The molecule has 1 atom stereocenters. The molecule has 7 heteroatoms. The first kappa shape index (κ1) is 20.1. The van der Waals surface area contributed by atoms with Gasteiger partial charge in [0.1, 0.15) is 5.82 Å². The molecule has 0 bridgehead atoms. The van der Waals surface area contributed by atoms with Gasteiger partial charge in [0.15, 0.2) is 0 Å². The van der Waals surface area contributed by atoms with Gasteiger partial charge in [0.05, 0.1) is 11.6 Å². The van der Waals surface area contributed by atoms with Crippen LogP contribution in [0.25, 0.3) is 6.08 Å². The summed E-state index contributed by atoms with van der Waals surface area (Å²) in [5, 5.41) is 3.85. The van der Waals surface area contributed by atoms with Gasteiger partial charge in [-0.2, -0.15) is 4.39 Å². The van der Waals surface area contributed by atoms with Crippen molar-refractivity contribution in [1.82, 2.24) is 9.88 Å². The minimum absolute atomic E-state index is 0.126. The molecule has 0 unspecified atom stereocenters. The molecule has 1 N–H and O–H groups in total. The second-order valence-corrected chi connectivity index (χ2v) is 7.64. The number of anilines is 1. The van der Waals surface area contributed by atoms with Crippen LogP contribution in [-0.4, -0.2) is 47.6 Å². The number of carbonyl (C=O) groups excluding carboxylic acids is 1. The zero-order valence-corrected chi connectivity index (χ0v) is 16.5. The first-order chi connectivity index (χ1) is 13.1. The van der Waals surface area contributed by atoms with Crippen LogP contribution in [0, 0.1) is 0 Å². The lowest BCUT2D eigenvalue weighted by Crippen LogP contribution is -2.46. The van der Waals surface area contributed by atoms with Crippen LogP contribution in [0.2, 0.25) is 5.02 Å². The minimum Gasteiger partial charge on any atom is -0.461 e. The molecule has 2 fully saturated rings. The van der Waals surface area contributed by atoms with Gasteiger partial charge in [-0.1, -0.05) is 24.4 Å². The van der Waals surface area contributed by atoms with Crippen LogP contribution in [0.15, 0.2) is 18.1 Å². The van der Waals surface area contributed by atoms with E-state index in [1.807, 2.05) is 0 Å². The maximum absolute atomic E-state index is 13.8. The van der Waals surface area contributed by atoms with Crippen molar-refractivity contribution in [1.29, 1.82) is 0 Å². The molecule has 0 radical (unpaired) electrons. The largest absolute Gasteiger partial charge is 0.461 e. The molecule has 1 aliphatic heterocycles. The SMILES string of the molecule is CCOC(=O)C(F)=Cc1cnc(N[C@@H]2CCCN(C3CCCC3)C2)c(Cl)c1. The number of rotatable bonds is 6. The maximum Gasteiger partial charge on any atom is 0.367 e. The summed E-state index contributed by atoms with van der Waals surface area (Å²) in [5.41, 5.74) is 0.423. The fraction of sp³-hybridized carbons (Fsp3) is 0.600. The van der Waals surface area contributed by atoms with E-state index in [0.717, 1.165) is 31.5 Å². The Morgan fingerprint density at radius 1 is 1.41 bits per heavy atom. The fourth-order valence-electron chi connectivity index (χ4n) is 3.96. The monoisotopic (exact) mass is 395 g/mol. The molecule has 0 aromatic carbocycles. The number of pyridine rings is 1. The third kappa shape index (κ3) is 5.42. The van der Waals surface area contributed by atoms with Gasteiger partial charge in [-0.05, 0) is 56.9 Å². The highest BCUT2D eigenvalue weighted by Gasteiger charge is 2.28. The molecule has 0 spiro atoms. The molecule has 3 rings (SSSR count). The average molecular weight is 396 g/mol. The number of nitrogens with one attached hydrogen (secondary N) is 1. The molecule has 1 saturated heterocycles. The Kier molecular flexibility index (Phi) is 7.07. The highest BCUT2D eigenvalue weighted by Crippen LogP contribution is 2.28. The number of carbonyl (C=O) groups is 1. The standard InChI is InChI=1S/C20H27ClFN3O2/c1-2-27-20(26)18(22)11-14-10-17(21)19(23-12-14)24-15-6-5-9-25(13-15)16-7-3-4-8-16/h10-12,15-16H,2-9,13H2,1H3,(H,23,24)/t15-/m1/s1. The number of likely N-dealkylation sites (tertiary alicyclic amines) is 1. The molecule has 5 nitrogen and oxygen atoms in total. The van der Waals surface area contributed by atoms with Crippen LogP contribution in [0.5, 0.6) is 0 Å². The minimum atomic E-state index is -0.981. The number of hydrogen-bond acceptors (Lipinski definition) is 5. The summed E-state index contributed by atoms with van der Waals surface area (Å²) in [5.74, 6) is -1.34. The Hall–Kier alpha value is -1.66. The van der Waals surface area contributed by atoms with E-state index in [4.69, 9.17) is 11.6 Å². The van der Waals surface area contributed by atoms with Gasteiger partial charge in [0.25, 0.3) is 0 Å². The number of piperidine rings is 1. The van der Waals surface area contributed by atoms with Gasteiger partial charge in [-0.3, -0.25) is 4.90 Å². The molecular weight excluding hydrogens is 369 g/mol. The zero-order chi connectivity index (χ0) is 19.2. The topological polar surface area (TPSA) is 54.5 Å². The van der Waals surface area contributed by atoms with Crippen molar-refractivity contribution in [3.8, 4) is 0 Å². The molecule has 1 aromatic rings. The highest BCUT2D eigenvalue weighted by atomic mass is 35.5. The summed E-state index contributed by atoms with van der Waals surface area (Å²) in [6, 6.07) is 2.63. The summed E-state index contributed by atoms with van der Waals surface area (Å²) < 4.78 is 18.4. The van der Waals surface area contributed by atoms with Gasteiger partial charge in [0.2, 0.25) is 5.83 Å². The molecule has 148 valence electrons. The lowest BCUT2D eigenvalue weighted by Gasteiger charge is -2.37. The molecule has 0 amide bonds. The Morgan fingerprint density at radius 2 is 2.19 bits per heavy atom. The van der Waals surface area contributed by atoms with Crippen molar-refractivity contribution in [2.24, 2.45) is 0 Å². The van der Waals surface area contributed by atoms with Gasteiger partial charge in [0, 0.05) is 24.8 Å². The fourth-order valence-corrected chi connectivity index (χ4v) is 4.19. The normalized spacial score (nSPS) is 22.0. The van der Waals surface area contributed by atoms with E-state index in [1.165, 1.54) is 38.4 Å². The number of hydrogen-bond donors (Lipinski definition) is 1. The van der Waals surface area contributed by atoms with E-state index < -0.39 is 11.8 Å². The molecule has 1 aliphatic carbocycles. The third-order valence-corrected chi connectivity index (χ3v) is 5.55. The lowest BCUT2D eigenvalue weighted by molar-refractivity contribution is -0.140. The van der Waals surface area contributed by atoms with Crippen molar-refractivity contribution in [3.63, 3.8) is 0 Å². The lowest BCUT2D eigenvalue weighted by atomic mass is 10.0. The Labute approximate surface area is 164 Å². The summed E-state index contributed by atoms with van der Waals surface area (Å²) >= 11 is 6.33. The van der Waals surface area contributed by atoms with Crippen molar-refractivity contribution >= 4 is 29.5 Å². The van der Waals surface area contributed by atoms with Crippen molar-refractivity contribution in [3.05, 3.63) is 28.7 Å².